The topological polar surface area (TPSA) is 40.5 Å². The molecule has 1 aliphatic heterocycles. The Morgan fingerprint density at radius 2 is 1.62 bits per heavy atom. The zero-order valence-electron chi connectivity index (χ0n) is 4.58. The van der Waals surface area contributed by atoms with E-state index in [4.69, 9.17) is 10.4 Å². The molecular weight excluding hydrogens is 126 g/mol. The fraction of sp³-hybridized carbons (Fsp3) is 1.00. The fourth-order valence-corrected chi connectivity index (χ4v) is 1.68. The van der Waals surface area contributed by atoms with Crippen molar-refractivity contribution in [2.75, 3.05) is 24.6 Å². The summed E-state index contributed by atoms with van der Waals surface area (Å²) < 4.78 is 0. The van der Waals surface area contributed by atoms with Crippen molar-refractivity contribution < 1.29 is 15.2 Å². The summed E-state index contributed by atoms with van der Waals surface area (Å²) in [6.45, 7) is 0.926. The molecule has 1 fully saturated rings. The normalized spacial score (nSPS) is 27.8. The molecule has 8 heavy (non-hydrogen) atoms. The molecule has 0 spiro atoms. The largest absolute Gasteiger partial charge is 0.182 e. The van der Waals surface area contributed by atoms with Crippen LogP contribution in [0.3, 0.4) is 0 Å². The number of hydrogen-bond donors (Lipinski definition) is 2. The monoisotopic (exact) mass is 136 g/mol. The highest BCUT2D eigenvalue weighted by Gasteiger charge is 2.25. The van der Waals surface area contributed by atoms with E-state index >= 15 is 0 Å². The minimum Gasteiger partial charge on any atom is -0.182 e. The van der Waals surface area contributed by atoms with Crippen molar-refractivity contribution in [2.24, 2.45) is 0 Å². The molecular formula is C4H10NO2S+. The van der Waals surface area contributed by atoms with E-state index in [1.54, 1.807) is 11.8 Å². The third kappa shape index (κ3) is 1.63. The molecule has 1 rings (SSSR count). The van der Waals surface area contributed by atoms with E-state index in [2.05, 4.69) is 0 Å². The molecule has 0 aromatic rings. The van der Waals surface area contributed by atoms with E-state index < -0.39 is 4.81 Å². The van der Waals surface area contributed by atoms with Gasteiger partial charge in [0.15, 0.2) is 13.1 Å². The summed E-state index contributed by atoms with van der Waals surface area (Å²) in [4.78, 5) is -0.771. The second-order valence-corrected chi connectivity index (χ2v) is 3.16. The summed E-state index contributed by atoms with van der Waals surface area (Å²) >= 11 is 1.76. The Kier molecular flexibility index (Phi) is 1.77. The number of quaternary nitrogens is 1. The second-order valence-electron chi connectivity index (χ2n) is 1.94. The molecule has 1 heterocycles. The van der Waals surface area contributed by atoms with Crippen LogP contribution in [0.5, 0.6) is 0 Å². The van der Waals surface area contributed by atoms with Crippen LogP contribution in [0.4, 0.5) is 0 Å². The summed E-state index contributed by atoms with van der Waals surface area (Å²) in [6.07, 6.45) is 0. The van der Waals surface area contributed by atoms with Gasteiger partial charge in [0.2, 0.25) is 0 Å². The lowest BCUT2D eigenvalue weighted by Gasteiger charge is -2.24. The third-order valence-corrected chi connectivity index (χ3v) is 2.13. The molecule has 3 nitrogen and oxygen atoms in total. The van der Waals surface area contributed by atoms with Crippen LogP contribution < -0.4 is 0 Å². The number of hydroxylamine groups is 4. The molecule has 0 aromatic carbocycles. The van der Waals surface area contributed by atoms with Gasteiger partial charge in [0.1, 0.15) is 0 Å². The molecule has 1 saturated heterocycles. The lowest BCUT2D eigenvalue weighted by atomic mass is 10.6. The first kappa shape index (κ1) is 6.35. The van der Waals surface area contributed by atoms with Crippen molar-refractivity contribution in [3.05, 3.63) is 0 Å². The van der Waals surface area contributed by atoms with Crippen LogP contribution in [0.2, 0.25) is 0 Å². The number of hydrogen-bond acceptors (Lipinski definition) is 3. The second kappa shape index (κ2) is 2.23. The first-order valence-electron chi connectivity index (χ1n) is 2.61. The SMILES string of the molecule is O[N+]1(O)CCSCC1. The Bertz CT molecular complexity index is 78.1. The van der Waals surface area contributed by atoms with Crippen molar-refractivity contribution in [1.82, 2.24) is 0 Å². The van der Waals surface area contributed by atoms with Crippen LogP contribution in [0, 0.1) is 0 Å². The van der Waals surface area contributed by atoms with E-state index in [1.807, 2.05) is 0 Å². The molecule has 0 radical (unpaired) electrons. The van der Waals surface area contributed by atoms with Crippen LogP contribution >= 0.6 is 11.8 Å². The highest BCUT2D eigenvalue weighted by molar-refractivity contribution is 7.99. The van der Waals surface area contributed by atoms with Crippen molar-refractivity contribution in [3.8, 4) is 0 Å². The molecule has 0 aliphatic carbocycles. The van der Waals surface area contributed by atoms with Crippen LogP contribution in [0.25, 0.3) is 0 Å². The predicted octanol–water partition coefficient (Wildman–Crippen LogP) is 0.328. The summed E-state index contributed by atoms with van der Waals surface area (Å²) in [5.41, 5.74) is 0. The van der Waals surface area contributed by atoms with Gasteiger partial charge < -0.3 is 0 Å². The molecule has 4 heteroatoms. The number of thioether (sulfide) groups is 1. The van der Waals surface area contributed by atoms with E-state index in [1.165, 1.54) is 0 Å². The standard InChI is InChI=1S/C4H10NO2S/c6-5(7)1-3-8-4-2-5/h6-7H,1-4H2/q+1. The van der Waals surface area contributed by atoms with Gasteiger partial charge in [-0.05, 0) is 4.81 Å². The van der Waals surface area contributed by atoms with E-state index in [0.29, 0.717) is 13.1 Å². The Hall–Kier alpha value is 0.230. The van der Waals surface area contributed by atoms with Crippen molar-refractivity contribution in [3.63, 3.8) is 0 Å². The zero-order valence-corrected chi connectivity index (χ0v) is 5.39. The van der Waals surface area contributed by atoms with Crippen molar-refractivity contribution in [2.45, 2.75) is 0 Å². The van der Waals surface area contributed by atoms with Gasteiger partial charge >= 0.3 is 0 Å². The van der Waals surface area contributed by atoms with Gasteiger partial charge in [0.25, 0.3) is 0 Å². The zero-order chi connectivity index (χ0) is 6.04. The molecule has 0 amide bonds. The van der Waals surface area contributed by atoms with Gasteiger partial charge in [-0.25, -0.2) is 0 Å². The van der Waals surface area contributed by atoms with Gasteiger partial charge in [0, 0.05) is 11.5 Å². The van der Waals surface area contributed by atoms with Crippen LogP contribution in [-0.2, 0) is 0 Å². The van der Waals surface area contributed by atoms with E-state index in [9.17, 15) is 0 Å². The van der Waals surface area contributed by atoms with Gasteiger partial charge in [-0.15, -0.1) is 11.8 Å². The predicted molar refractivity (Wildman–Crippen MR) is 30.9 cm³/mol. The molecule has 0 unspecified atom stereocenters. The van der Waals surface area contributed by atoms with E-state index in [-0.39, 0.29) is 0 Å². The fourth-order valence-electron chi connectivity index (χ4n) is 0.635. The highest BCUT2D eigenvalue weighted by Crippen LogP contribution is 2.11. The first-order valence-corrected chi connectivity index (χ1v) is 3.76. The average Bonchev–Trinajstić information content (AvgIpc) is 1.65. The Morgan fingerprint density at radius 3 is 1.88 bits per heavy atom. The lowest BCUT2D eigenvalue weighted by molar-refractivity contribution is -1.24. The minimum absolute atomic E-state index is 0.463. The van der Waals surface area contributed by atoms with E-state index in [0.717, 1.165) is 11.5 Å². The number of nitrogens with zero attached hydrogens (tertiary/aromatic N) is 1. The lowest BCUT2D eigenvalue weighted by Crippen LogP contribution is -2.47. The van der Waals surface area contributed by atoms with Gasteiger partial charge in [-0.2, -0.15) is 10.4 Å². The van der Waals surface area contributed by atoms with Gasteiger partial charge in [0.05, 0.1) is 0 Å². The molecule has 0 atom stereocenters. The van der Waals surface area contributed by atoms with Crippen molar-refractivity contribution in [1.29, 1.82) is 0 Å². The highest BCUT2D eigenvalue weighted by atomic mass is 32.2. The molecule has 2 N–H and O–H groups in total. The maximum Gasteiger partial charge on any atom is 0.151 e. The quantitative estimate of drug-likeness (QED) is 0.471. The minimum atomic E-state index is -0.771. The van der Waals surface area contributed by atoms with Gasteiger partial charge in [-0.1, -0.05) is 0 Å². The summed E-state index contributed by atoms with van der Waals surface area (Å²) in [7, 11) is 0. The molecule has 48 valence electrons. The molecule has 0 aromatic heterocycles. The van der Waals surface area contributed by atoms with Crippen LogP contribution in [0.15, 0.2) is 0 Å². The maximum absolute atomic E-state index is 8.85. The third-order valence-electron chi connectivity index (χ3n) is 1.19. The summed E-state index contributed by atoms with van der Waals surface area (Å²) in [5.74, 6) is 1.71. The first-order chi connectivity index (χ1) is 3.71. The average molecular weight is 136 g/mol. The maximum atomic E-state index is 8.85. The molecule has 0 bridgehead atoms. The van der Waals surface area contributed by atoms with Crippen LogP contribution in [0.1, 0.15) is 0 Å². The van der Waals surface area contributed by atoms with Crippen LogP contribution in [-0.4, -0.2) is 39.8 Å². The molecule has 0 saturated carbocycles. The van der Waals surface area contributed by atoms with Gasteiger partial charge in [-0.3, -0.25) is 0 Å². The Morgan fingerprint density at radius 1 is 1.12 bits per heavy atom. The smallest absolute Gasteiger partial charge is 0.151 e. The Labute approximate surface area is 52.4 Å². The summed E-state index contributed by atoms with van der Waals surface area (Å²) in [6, 6.07) is 0. The molecule has 1 aliphatic rings. The number of rotatable bonds is 0. The summed E-state index contributed by atoms with van der Waals surface area (Å²) in [5, 5.41) is 17.7. The van der Waals surface area contributed by atoms with Crippen molar-refractivity contribution >= 4 is 11.8 Å². The Balaban J connectivity index is 2.33.